The number of aromatic amines is 2. The zero-order valence-corrected chi connectivity index (χ0v) is 16.2. The summed E-state index contributed by atoms with van der Waals surface area (Å²) in [6, 6.07) is 11.9. The minimum Gasteiger partial charge on any atom is -0.343 e. The summed E-state index contributed by atoms with van der Waals surface area (Å²) in [4.78, 5) is 11.5. The molecule has 0 unspecified atom stereocenters. The summed E-state index contributed by atoms with van der Waals surface area (Å²) in [6.45, 7) is 10.1. The van der Waals surface area contributed by atoms with Crippen LogP contribution in [-0.4, -0.2) is 23.4 Å². The van der Waals surface area contributed by atoms with Gasteiger partial charge in [0.2, 0.25) is 0 Å². The lowest BCUT2D eigenvalue weighted by Crippen LogP contribution is -2.32. The standard InChI is InChI=1S/C21H30N2O3/c1-19(2,15-20(3,4)17-14-18(24)23-22-17)10-11-21(25-12-13-26-21)16-8-6-5-7-9-16/h5-9,14H,10-13,15H2,1-4H3,(H2,22,23,24). The number of hydrogen-bond donors (Lipinski definition) is 2. The molecule has 1 aliphatic heterocycles. The van der Waals surface area contributed by atoms with E-state index in [0.717, 1.165) is 30.5 Å². The lowest BCUT2D eigenvalue weighted by atomic mass is 9.70. The molecule has 0 amide bonds. The third-order valence-corrected chi connectivity index (χ3v) is 5.34. The molecule has 0 radical (unpaired) electrons. The van der Waals surface area contributed by atoms with Crippen molar-refractivity contribution in [3.63, 3.8) is 0 Å². The van der Waals surface area contributed by atoms with E-state index in [1.165, 1.54) is 0 Å². The average molecular weight is 358 g/mol. The minimum absolute atomic E-state index is 0.0642. The SMILES string of the molecule is CC(C)(CCC1(c2ccccc2)OCCO1)CC(C)(C)c1cc(=O)[nH][nH]1. The first-order valence-electron chi connectivity index (χ1n) is 9.34. The van der Waals surface area contributed by atoms with Gasteiger partial charge in [0.25, 0.3) is 5.56 Å². The Hall–Kier alpha value is -1.85. The zero-order valence-electron chi connectivity index (χ0n) is 16.2. The number of ether oxygens (including phenoxy) is 2. The fourth-order valence-electron chi connectivity index (χ4n) is 4.18. The quantitative estimate of drug-likeness (QED) is 0.784. The van der Waals surface area contributed by atoms with Gasteiger partial charge in [0.1, 0.15) is 0 Å². The van der Waals surface area contributed by atoms with Crippen molar-refractivity contribution in [2.75, 3.05) is 13.2 Å². The van der Waals surface area contributed by atoms with E-state index in [4.69, 9.17) is 9.47 Å². The summed E-state index contributed by atoms with van der Waals surface area (Å²) < 4.78 is 12.1. The Balaban J connectivity index is 1.71. The van der Waals surface area contributed by atoms with Crippen LogP contribution in [0, 0.1) is 5.41 Å². The molecule has 0 aliphatic carbocycles. The molecular weight excluding hydrogens is 328 g/mol. The highest BCUT2D eigenvalue weighted by Gasteiger charge is 2.41. The average Bonchev–Trinajstić information content (AvgIpc) is 3.23. The maximum Gasteiger partial charge on any atom is 0.264 e. The van der Waals surface area contributed by atoms with Gasteiger partial charge < -0.3 is 14.6 Å². The lowest BCUT2D eigenvalue weighted by Gasteiger charge is -2.37. The van der Waals surface area contributed by atoms with Gasteiger partial charge in [0, 0.05) is 29.2 Å². The summed E-state index contributed by atoms with van der Waals surface area (Å²) in [5.74, 6) is -0.634. The summed E-state index contributed by atoms with van der Waals surface area (Å²) in [5.41, 5.74) is 1.89. The van der Waals surface area contributed by atoms with Crippen LogP contribution < -0.4 is 5.56 Å². The van der Waals surface area contributed by atoms with Gasteiger partial charge in [-0.3, -0.25) is 9.89 Å². The fraction of sp³-hybridized carbons (Fsp3) is 0.571. The van der Waals surface area contributed by atoms with Gasteiger partial charge in [-0.1, -0.05) is 58.0 Å². The Morgan fingerprint density at radius 1 is 1.04 bits per heavy atom. The molecule has 5 heteroatoms. The normalized spacial score (nSPS) is 17.5. The van der Waals surface area contributed by atoms with Crippen LogP contribution in [0.25, 0.3) is 0 Å². The van der Waals surface area contributed by atoms with Crippen molar-refractivity contribution in [1.29, 1.82) is 0 Å². The Morgan fingerprint density at radius 2 is 1.69 bits per heavy atom. The zero-order chi connectivity index (χ0) is 18.8. The molecule has 0 saturated carbocycles. The molecule has 142 valence electrons. The van der Waals surface area contributed by atoms with E-state index >= 15 is 0 Å². The second-order valence-electron chi connectivity index (χ2n) is 8.71. The van der Waals surface area contributed by atoms with Crippen LogP contribution in [0.5, 0.6) is 0 Å². The maximum absolute atomic E-state index is 11.5. The smallest absolute Gasteiger partial charge is 0.264 e. The largest absolute Gasteiger partial charge is 0.343 e. The Labute approximate surface area is 155 Å². The molecule has 1 aliphatic rings. The molecule has 1 saturated heterocycles. The first kappa shape index (κ1) is 18.9. The van der Waals surface area contributed by atoms with Crippen molar-refractivity contribution < 1.29 is 9.47 Å². The van der Waals surface area contributed by atoms with Gasteiger partial charge in [-0.05, 0) is 18.3 Å². The number of nitrogens with one attached hydrogen (secondary N) is 2. The molecule has 2 N–H and O–H groups in total. The number of benzene rings is 1. The van der Waals surface area contributed by atoms with E-state index < -0.39 is 5.79 Å². The Kier molecular flexibility index (Phi) is 5.13. The van der Waals surface area contributed by atoms with E-state index in [1.807, 2.05) is 18.2 Å². The maximum atomic E-state index is 11.5. The molecule has 0 atom stereocenters. The number of H-pyrrole nitrogens is 2. The molecule has 1 aromatic heterocycles. The monoisotopic (exact) mass is 358 g/mol. The van der Waals surface area contributed by atoms with Crippen LogP contribution in [0.3, 0.4) is 0 Å². The topological polar surface area (TPSA) is 67.1 Å². The highest BCUT2D eigenvalue weighted by Crippen LogP contribution is 2.43. The summed E-state index contributed by atoms with van der Waals surface area (Å²) in [6.07, 6.45) is 2.71. The summed E-state index contributed by atoms with van der Waals surface area (Å²) in [7, 11) is 0. The number of rotatable bonds is 7. The number of hydrogen-bond acceptors (Lipinski definition) is 3. The third-order valence-electron chi connectivity index (χ3n) is 5.34. The highest BCUT2D eigenvalue weighted by molar-refractivity contribution is 5.21. The highest BCUT2D eigenvalue weighted by atomic mass is 16.7. The molecule has 5 nitrogen and oxygen atoms in total. The number of aromatic nitrogens is 2. The van der Waals surface area contributed by atoms with Crippen molar-refractivity contribution in [1.82, 2.24) is 10.2 Å². The minimum atomic E-state index is -0.634. The fourth-order valence-corrected chi connectivity index (χ4v) is 4.18. The van der Waals surface area contributed by atoms with E-state index in [9.17, 15) is 4.79 Å². The molecule has 2 aromatic rings. The van der Waals surface area contributed by atoms with Crippen molar-refractivity contribution in [2.24, 2.45) is 5.41 Å². The van der Waals surface area contributed by atoms with Gasteiger partial charge in [0.15, 0.2) is 5.79 Å². The van der Waals surface area contributed by atoms with Gasteiger partial charge in [-0.15, -0.1) is 0 Å². The van der Waals surface area contributed by atoms with Crippen molar-refractivity contribution in [3.05, 3.63) is 58.0 Å². The van der Waals surface area contributed by atoms with Crippen LogP contribution in [0.2, 0.25) is 0 Å². The van der Waals surface area contributed by atoms with Crippen molar-refractivity contribution in [2.45, 2.75) is 58.2 Å². The van der Waals surface area contributed by atoms with E-state index in [1.54, 1.807) is 6.07 Å². The second kappa shape index (κ2) is 7.05. The Morgan fingerprint density at radius 3 is 2.27 bits per heavy atom. The van der Waals surface area contributed by atoms with Crippen molar-refractivity contribution in [3.8, 4) is 0 Å². The van der Waals surface area contributed by atoms with Crippen LogP contribution in [0.1, 0.15) is 58.2 Å². The molecule has 1 fully saturated rings. The predicted octanol–water partition coefficient (Wildman–Crippen LogP) is 4.08. The van der Waals surface area contributed by atoms with Crippen molar-refractivity contribution >= 4 is 0 Å². The van der Waals surface area contributed by atoms with Crippen LogP contribution in [0.4, 0.5) is 0 Å². The molecule has 26 heavy (non-hydrogen) atoms. The Bertz CT molecular complexity index is 768. The summed E-state index contributed by atoms with van der Waals surface area (Å²) in [5, 5.41) is 5.66. The van der Waals surface area contributed by atoms with Gasteiger partial charge in [-0.25, -0.2) is 0 Å². The van der Waals surface area contributed by atoms with Gasteiger partial charge in [0.05, 0.1) is 13.2 Å². The molecule has 1 aromatic carbocycles. The molecular formula is C21H30N2O3. The van der Waals surface area contributed by atoms with Gasteiger partial charge >= 0.3 is 0 Å². The summed E-state index contributed by atoms with van der Waals surface area (Å²) >= 11 is 0. The predicted molar refractivity (Wildman–Crippen MR) is 102 cm³/mol. The van der Waals surface area contributed by atoms with Gasteiger partial charge in [-0.2, -0.15) is 0 Å². The first-order valence-corrected chi connectivity index (χ1v) is 9.34. The van der Waals surface area contributed by atoms with E-state index in [0.29, 0.717) is 13.2 Å². The lowest BCUT2D eigenvalue weighted by molar-refractivity contribution is -0.175. The van der Waals surface area contributed by atoms with Crippen LogP contribution >= 0.6 is 0 Å². The molecule has 0 spiro atoms. The van der Waals surface area contributed by atoms with Crippen LogP contribution in [0.15, 0.2) is 41.2 Å². The van der Waals surface area contributed by atoms with Crippen LogP contribution in [-0.2, 0) is 20.7 Å². The molecule has 2 heterocycles. The second-order valence-corrected chi connectivity index (χ2v) is 8.71. The molecule has 0 bridgehead atoms. The third kappa shape index (κ3) is 4.10. The first-order chi connectivity index (χ1) is 12.2. The van der Waals surface area contributed by atoms with E-state index in [-0.39, 0.29) is 16.4 Å². The molecule has 3 rings (SSSR count). The van der Waals surface area contributed by atoms with E-state index in [2.05, 4.69) is 50.0 Å².